The van der Waals surface area contributed by atoms with Crippen LogP contribution in [0.3, 0.4) is 0 Å². The molecular formula is C23H35N3O4. The summed E-state index contributed by atoms with van der Waals surface area (Å²) in [5.41, 5.74) is 0.475. The molecule has 3 amide bonds. The van der Waals surface area contributed by atoms with Gasteiger partial charge < -0.3 is 20.3 Å². The Bertz CT molecular complexity index is 722. The van der Waals surface area contributed by atoms with Crippen LogP contribution in [-0.4, -0.2) is 54.9 Å². The van der Waals surface area contributed by atoms with Gasteiger partial charge >= 0.3 is 0 Å². The molecule has 30 heavy (non-hydrogen) atoms. The number of ether oxygens (including phenoxy) is 1. The van der Waals surface area contributed by atoms with Crippen LogP contribution in [0.4, 0.5) is 0 Å². The van der Waals surface area contributed by atoms with E-state index in [1.54, 1.807) is 31.4 Å². The predicted molar refractivity (Wildman–Crippen MR) is 116 cm³/mol. The first-order valence-electron chi connectivity index (χ1n) is 10.7. The van der Waals surface area contributed by atoms with Gasteiger partial charge in [-0.25, -0.2) is 0 Å². The summed E-state index contributed by atoms with van der Waals surface area (Å²) in [6.07, 6.45) is 1.90. The van der Waals surface area contributed by atoms with E-state index in [1.165, 1.54) is 0 Å². The second kappa shape index (κ2) is 11.0. The molecule has 1 heterocycles. The number of carbonyl (C=O) groups excluding carboxylic acids is 3. The Kier molecular flexibility index (Phi) is 8.69. The van der Waals surface area contributed by atoms with Gasteiger partial charge in [-0.15, -0.1) is 0 Å². The summed E-state index contributed by atoms with van der Waals surface area (Å²) in [5, 5.41) is 5.85. The molecule has 0 aromatic heterocycles. The van der Waals surface area contributed by atoms with E-state index in [0.717, 1.165) is 0 Å². The maximum atomic E-state index is 12.9. The summed E-state index contributed by atoms with van der Waals surface area (Å²) < 4.78 is 5.13. The van der Waals surface area contributed by atoms with Crippen molar-refractivity contribution in [2.24, 2.45) is 11.8 Å². The van der Waals surface area contributed by atoms with Crippen LogP contribution in [0, 0.1) is 11.8 Å². The summed E-state index contributed by atoms with van der Waals surface area (Å²) in [6.45, 7) is 9.08. The Hall–Kier alpha value is -2.57. The van der Waals surface area contributed by atoms with E-state index < -0.39 is 6.04 Å². The van der Waals surface area contributed by atoms with E-state index in [-0.39, 0.29) is 29.7 Å². The molecule has 7 heteroatoms. The predicted octanol–water partition coefficient (Wildman–Crippen LogP) is 2.60. The van der Waals surface area contributed by atoms with Crippen molar-refractivity contribution in [2.75, 3.05) is 20.2 Å². The summed E-state index contributed by atoms with van der Waals surface area (Å²) in [5.74, 6) is 0.657. The van der Waals surface area contributed by atoms with Crippen LogP contribution in [0.15, 0.2) is 24.3 Å². The number of amides is 3. The maximum absolute atomic E-state index is 12.9. The molecule has 0 unspecified atom stereocenters. The molecule has 0 spiro atoms. The first-order chi connectivity index (χ1) is 14.2. The molecule has 0 radical (unpaired) electrons. The van der Waals surface area contributed by atoms with Gasteiger partial charge in [0.2, 0.25) is 11.8 Å². The summed E-state index contributed by atoms with van der Waals surface area (Å²) in [4.78, 5) is 39.9. The Morgan fingerprint density at radius 2 is 1.63 bits per heavy atom. The van der Waals surface area contributed by atoms with Crippen molar-refractivity contribution < 1.29 is 19.1 Å². The molecule has 0 bridgehead atoms. The van der Waals surface area contributed by atoms with E-state index in [9.17, 15) is 14.4 Å². The van der Waals surface area contributed by atoms with Gasteiger partial charge in [0.15, 0.2) is 0 Å². The number of nitrogens with zero attached hydrogens (tertiary/aromatic N) is 1. The summed E-state index contributed by atoms with van der Waals surface area (Å²) >= 11 is 0. The van der Waals surface area contributed by atoms with Crippen molar-refractivity contribution in [1.29, 1.82) is 0 Å². The lowest BCUT2D eigenvalue weighted by Crippen LogP contribution is -2.54. The fourth-order valence-corrected chi connectivity index (χ4v) is 3.70. The number of carbonyl (C=O) groups is 3. The number of hydrogen-bond acceptors (Lipinski definition) is 4. The van der Waals surface area contributed by atoms with E-state index in [0.29, 0.717) is 49.6 Å². The highest BCUT2D eigenvalue weighted by Gasteiger charge is 2.34. The fourth-order valence-electron chi connectivity index (χ4n) is 3.70. The first-order valence-corrected chi connectivity index (χ1v) is 10.7. The monoisotopic (exact) mass is 417 g/mol. The Morgan fingerprint density at radius 3 is 2.13 bits per heavy atom. The highest BCUT2D eigenvalue weighted by molar-refractivity contribution is 5.97. The molecule has 1 aromatic carbocycles. The molecule has 1 aliphatic rings. The summed E-state index contributed by atoms with van der Waals surface area (Å²) in [7, 11) is 1.57. The van der Waals surface area contributed by atoms with Crippen LogP contribution < -0.4 is 15.4 Å². The third kappa shape index (κ3) is 6.75. The normalized spacial score (nSPS) is 15.8. The zero-order valence-corrected chi connectivity index (χ0v) is 18.7. The first kappa shape index (κ1) is 23.7. The number of piperidine rings is 1. The minimum atomic E-state index is -0.635. The van der Waals surface area contributed by atoms with Gasteiger partial charge in [-0.05, 0) is 62.8 Å². The SMILES string of the molecule is COc1ccc(C(=O)N[C@H](C(=O)NC(C)C)C2CCN(C(=O)CC(C)C)CC2)cc1. The molecule has 0 saturated carbocycles. The summed E-state index contributed by atoms with van der Waals surface area (Å²) in [6, 6.07) is 6.14. The average Bonchev–Trinajstić information content (AvgIpc) is 2.71. The molecule has 1 aromatic rings. The number of rotatable bonds is 8. The third-order valence-electron chi connectivity index (χ3n) is 5.30. The van der Waals surface area contributed by atoms with Crippen LogP contribution in [0.5, 0.6) is 5.75 Å². The van der Waals surface area contributed by atoms with Crippen LogP contribution in [0.2, 0.25) is 0 Å². The van der Waals surface area contributed by atoms with Crippen LogP contribution >= 0.6 is 0 Å². The van der Waals surface area contributed by atoms with E-state index in [2.05, 4.69) is 10.6 Å². The van der Waals surface area contributed by atoms with Gasteiger partial charge in [0.25, 0.3) is 5.91 Å². The van der Waals surface area contributed by atoms with Crippen LogP contribution in [0.25, 0.3) is 0 Å². The van der Waals surface area contributed by atoms with Gasteiger partial charge in [-0.1, -0.05) is 13.8 Å². The Labute approximate surface area is 179 Å². The second-order valence-electron chi connectivity index (χ2n) is 8.66. The molecule has 7 nitrogen and oxygen atoms in total. The van der Waals surface area contributed by atoms with Crippen molar-refractivity contribution in [3.8, 4) is 5.75 Å². The van der Waals surface area contributed by atoms with Crippen molar-refractivity contribution in [3.05, 3.63) is 29.8 Å². The number of benzene rings is 1. The second-order valence-corrected chi connectivity index (χ2v) is 8.66. The molecule has 2 rings (SSSR count). The third-order valence-corrected chi connectivity index (χ3v) is 5.30. The topological polar surface area (TPSA) is 87.7 Å². The standard InChI is InChI=1S/C23H35N3O4/c1-15(2)14-20(27)26-12-10-17(11-13-26)21(23(29)24-16(3)4)25-22(28)18-6-8-19(30-5)9-7-18/h6-9,15-17,21H,10-14H2,1-5H3,(H,24,29)(H,25,28)/t21-/m0/s1. The van der Waals surface area contributed by atoms with Gasteiger partial charge in [0.05, 0.1) is 7.11 Å². The van der Waals surface area contributed by atoms with Crippen molar-refractivity contribution in [2.45, 2.75) is 59.0 Å². The Morgan fingerprint density at radius 1 is 1.03 bits per heavy atom. The lowest BCUT2D eigenvalue weighted by atomic mass is 9.88. The van der Waals surface area contributed by atoms with Gasteiger partial charge in [0.1, 0.15) is 11.8 Å². The molecule has 1 atom stereocenters. The lowest BCUT2D eigenvalue weighted by Gasteiger charge is -2.36. The van der Waals surface area contributed by atoms with Gasteiger partial charge in [-0.3, -0.25) is 14.4 Å². The number of likely N-dealkylation sites (tertiary alicyclic amines) is 1. The number of methoxy groups -OCH3 is 1. The molecule has 2 N–H and O–H groups in total. The highest BCUT2D eigenvalue weighted by Crippen LogP contribution is 2.23. The number of hydrogen-bond donors (Lipinski definition) is 2. The lowest BCUT2D eigenvalue weighted by molar-refractivity contribution is -0.133. The van der Waals surface area contributed by atoms with Crippen LogP contribution in [0.1, 0.15) is 57.3 Å². The average molecular weight is 418 g/mol. The van der Waals surface area contributed by atoms with E-state index in [4.69, 9.17) is 4.74 Å². The maximum Gasteiger partial charge on any atom is 0.251 e. The van der Waals surface area contributed by atoms with Crippen LogP contribution in [-0.2, 0) is 9.59 Å². The quantitative estimate of drug-likeness (QED) is 0.681. The van der Waals surface area contributed by atoms with Crippen molar-refractivity contribution in [1.82, 2.24) is 15.5 Å². The van der Waals surface area contributed by atoms with Crippen molar-refractivity contribution >= 4 is 17.7 Å². The molecular weight excluding hydrogens is 382 g/mol. The fraction of sp³-hybridized carbons (Fsp3) is 0.609. The zero-order chi connectivity index (χ0) is 22.3. The molecule has 1 fully saturated rings. The molecule has 1 aliphatic heterocycles. The molecule has 0 aliphatic carbocycles. The van der Waals surface area contributed by atoms with E-state index >= 15 is 0 Å². The van der Waals surface area contributed by atoms with E-state index in [1.807, 2.05) is 32.6 Å². The van der Waals surface area contributed by atoms with Gasteiger partial charge in [0, 0.05) is 31.1 Å². The minimum absolute atomic E-state index is 0.0194. The Balaban J connectivity index is 2.07. The zero-order valence-electron chi connectivity index (χ0n) is 18.7. The van der Waals surface area contributed by atoms with Gasteiger partial charge in [-0.2, -0.15) is 0 Å². The molecule has 1 saturated heterocycles. The highest BCUT2D eigenvalue weighted by atomic mass is 16.5. The van der Waals surface area contributed by atoms with Crippen molar-refractivity contribution in [3.63, 3.8) is 0 Å². The number of nitrogens with one attached hydrogen (secondary N) is 2. The largest absolute Gasteiger partial charge is 0.497 e. The minimum Gasteiger partial charge on any atom is -0.497 e. The smallest absolute Gasteiger partial charge is 0.251 e. The molecule has 166 valence electrons.